The molecule has 1 unspecified atom stereocenters. The van der Waals surface area contributed by atoms with E-state index >= 15 is 0 Å². The van der Waals surface area contributed by atoms with Crippen molar-refractivity contribution in [1.29, 1.82) is 0 Å². The van der Waals surface area contributed by atoms with E-state index in [0.717, 1.165) is 29.9 Å². The fraction of sp³-hybridized carbons (Fsp3) is 0.786. The molecule has 7 nitrogen and oxygen atoms in total. The van der Waals surface area contributed by atoms with Gasteiger partial charge in [-0.2, -0.15) is 22.5 Å². The van der Waals surface area contributed by atoms with Gasteiger partial charge in [0.05, 0.1) is 5.69 Å². The maximum Gasteiger partial charge on any atom is 0.279 e. The average molecular weight is 329 g/mol. The van der Waals surface area contributed by atoms with E-state index in [-0.39, 0.29) is 6.04 Å². The van der Waals surface area contributed by atoms with Gasteiger partial charge < -0.3 is 5.32 Å². The maximum absolute atomic E-state index is 12.5. The summed E-state index contributed by atoms with van der Waals surface area (Å²) in [6, 6.07) is -0.142. The summed E-state index contributed by atoms with van der Waals surface area (Å²) in [7, 11) is -1.54. The van der Waals surface area contributed by atoms with Crippen LogP contribution in [0, 0.1) is 6.92 Å². The van der Waals surface area contributed by atoms with Gasteiger partial charge in [0.2, 0.25) is 0 Å². The van der Waals surface area contributed by atoms with Crippen molar-refractivity contribution in [3.8, 4) is 0 Å². The predicted molar refractivity (Wildman–Crippen MR) is 88.1 cm³/mol. The smallest absolute Gasteiger partial charge is 0.279 e. The van der Waals surface area contributed by atoms with Crippen LogP contribution < -0.4 is 10.0 Å². The molecule has 22 heavy (non-hydrogen) atoms. The summed E-state index contributed by atoms with van der Waals surface area (Å²) >= 11 is 0. The first-order valence-electron chi connectivity index (χ1n) is 7.92. The Morgan fingerprint density at radius 3 is 2.59 bits per heavy atom. The van der Waals surface area contributed by atoms with Crippen molar-refractivity contribution in [2.24, 2.45) is 7.05 Å². The molecule has 0 bridgehead atoms. The summed E-state index contributed by atoms with van der Waals surface area (Å²) in [4.78, 5) is 0. The number of hydrogen-bond acceptors (Lipinski definition) is 4. The molecule has 0 spiro atoms. The highest BCUT2D eigenvalue weighted by Crippen LogP contribution is 2.24. The third-order valence-electron chi connectivity index (χ3n) is 3.91. The molecule has 0 amide bonds. The molecule has 0 aromatic carbocycles. The molecule has 126 valence electrons. The quantitative estimate of drug-likeness (QED) is 0.783. The maximum atomic E-state index is 12.5. The molecule has 2 N–H and O–H groups in total. The van der Waals surface area contributed by atoms with Crippen LogP contribution in [0.3, 0.4) is 0 Å². The highest BCUT2D eigenvalue weighted by atomic mass is 32.2. The van der Waals surface area contributed by atoms with Crippen molar-refractivity contribution < 1.29 is 8.42 Å². The van der Waals surface area contributed by atoms with E-state index in [2.05, 4.69) is 15.1 Å². The number of aromatic nitrogens is 2. The van der Waals surface area contributed by atoms with Gasteiger partial charge in [-0.25, -0.2) is 0 Å². The first kappa shape index (κ1) is 17.2. The minimum absolute atomic E-state index is 0.142. The van der Waals surface area contributed by atoms with E-state index in [4.69, 9.17) is 0 Å². The molecule has 2 rings (SSSR count). The second-order valence-electron chi connectivity index (χ2n) is 5.84. The Balaban J connectivity index is 2.09. The summed E-state index contributed by atoms with van der Waals surface area (Å²) in [6.45, 7) is 7.63. The zero-order valence-corrected chi connectivity index (χ0v) is 14.7. The van der Waals surface area contributed by atoms with E-state index in [0.29, 0.717) is 26.1 Å². The topological polar surface area (TPSA) is 79.3 Å². The summed E-state index contributed by atoms with van der Waals surface area (Å²) in [6.07, 6.45) is 2.30. The summed E-state index contributed by atoms with van der Waals surface area (Å²) < 4.78 is 31.3. The van der Waals surface area contributed by atoms with Crippen molar-refractivity contribution >= 4 is 16.0 Å². The molecule has 1 aromatic heterocycles. The second kappa shape index (κ2) is 6.97. The fourth-order valence-electron chi connectivity index (χ4n) is 2.93. The average Bonchev–Trinajstić information content (AvgIpc) is 2.73. The lowest BCUT2D eigenvalue weighted by molar-refractivity contribution is 0.395. The summed E-state index contributed by atoms with van der Waals surface area (Å²) in [5, 5.41) is 7.67. The van der Waals surface area contributed by atoms with E-state index < -0.39 is 10.2 Å². The van der Waals surface area contributed by atoms with Crippen LogP contribution in [0.15, 0.2) is 0 Å². The standard InChI is InChI=1S/C14H27N5O2S/c1-5-7-19(8-6-2)22(20,21)17-12-9-13-11(3)16-18(4)14(13)15-10-12/h12,15,17H,5-10H2,1-4H3. The molecule has 1 aliphatic rings. The molecule has 1 aliphatic heterocycles. The number of rotatable bonds is 7. The van der Waals surface area contributed by atoms with Gasteiger partial charge in [0.15, 0.2) is 0 Å². The highest BCUT2D eigenvalue weighted by molar-refractivity contribution is 7.87. The van der Waals surface area contributed by atoms with E-state index in [9.17, 15) is 8.42 Å². The van der Waals surface area contributed by atoms with Gasteiger partial charge in [0.25, 0.3) is 10.2 Å². The lowest BCUT2D eigenvalue weighted by atomic mass is 10.0. The van der Waals surface area contributed by atoms with Crippen molar-refractivity contribution in [2.75, 3.05) is 25.0 Å². The van der Waals surface area contributed by atoms with Crippen molar-refractivity contribution in [2.45, 2.75) is 46.1 Å². The minimum Gasteiger partial charge on any atom is -0.368 e. The van der Waals surface area contributed by atoms with Crippen LogP contribution in [0.1, 0.15) is 37.9 Å². The van der Waals surface area contributed by atoms with Gasteiger partial charge in [-0.05, 0) is 26.2 Å². The van der Waals surface area contributed by atoms with Gasteiger partial charge in [-0.15, -0.1) is 0 Å². The molecule has 0 radical (unpaired) electrons. The van der Waals surface area contributed by atoms with E-state index in [1.165, 1.54) is 0 Å². The zero-order valence-electron chi connectivity index (χ0n) is 13.9. The molecule has 1 atom stereocenters. The van der Waals surface area contributed by atoms with Crippen molar-refractivity contribution in [1.82, 2.24) is 18.8 Å². The Labute approximate surface area is 133 Å². The SMILES string of the molecule is CCCN(CCC)S(=O)(=O)NC1CNc2c(c(C)nn2C)C1. The Morgan fingerprint density at radius 2 is 2.00 bits per heavy atom. The Morgan fingerprint density at radius 1 is 1.36 bits per heavy atom. The Hall–Kier alpha value is -1.12. The number of hydrogen-bond donors (Lipinski definition) is 2. The van der Waals surface area contributed by atoms with Gasteiger partial charge in [0.1, 0.15) is 5.82 Å². The molecule has 0 aliphatic carbocycles. The number of fused-ring (bicyclic) bond motifs is 1. The van der Waals surface area contributed by atoms with Crippen LogP contribution in [0.5, 0.6) is 0 Å². The highest BCUT2D eigenvalue weighted by Gasteiger charge is 2.29. The van der Waals surface area contributed by atoms with E-state index in [1.54, 1.807) is 4.31 Å². The third-order valence-corrected chi connectivity index (χ3v) is 5.59. The summed E-state index contributed by atoms with van der Waals surface area (Å²) in [5.41, 5.74) is 2.05. The number of anilines is 1. The monoisotopic (exact) mass is 329 g/mol. The number of nitrogens with one attached hydrogen (secondary N) is 2. The lowest BCUT2D eigenvalue weighted by Gasteiger charge is -2.28. The van der Waals surface area contributed by atoms with Crippen LogP contribution in [0.4, 0.5) is 5.82 Å². The third kappa shape index (κ3) is 3.61. The van der Waals surface area contributed by atoms with Crippen LogP contribution in [0.25, 0.3) is 0 Å². The molecule has 8 heteroatoms. The zero-order chi connectivity index (χ0) is 16.3. The summed E-state index contributed by atoms with van der Waals surface area (Å²) in [5.74, 6) is 0.993. The normalized spacial score (nSPS) is 18.3. The van der Waals surface area contributed by atoms with Crippen LogP contribution in [-0.4, -0.2) is 48.2 Å². The fourth-order valence-corrected chi connectivity index (χ4v) is 4.51. The molecule has 0 fully saturated rings. The van der Waals surface area contributed by atoms with Crippen molar-refractivity contribution in [3.05, 3.63) is 11.3 Å². The van der Waals surface area contributed by atoms with Crippen molar-refractivity contribution in [3.63, 3.8) is 0 Å². The number of aryl methyl sites for hydroxylation is 2. The van der Waals surface area contributed by atoms with Gasteiger partial charge >= 0.3 is 0 Å². The Bertz CT molecular complexity index is 605. The molecular weight excluding hydrogens is 302 g/mol. The second-order valence-corrected chi connectivity index (χ2v) is 7.54. The Kier molecular flexibility index (Phi) is 5.46. The molecular formula is C14H27N5O2S. The van der Waals surface area contributed by atoms with Gasteiger partial charge in [-0.3, -0.25) is 4.68 Å². The van der Waals surface area contributed by atoms with Gasteiger partial charge in [0, 0.05) is 38.3 Å². The largest absolute Gasteiger partial charge is 0.368 e. The minimum atomic E-state index is -3.44. The first-order chi connectivity index (χ1) is 10.4. The predicted octanol–water partition coefficient (Wildman–Crippen LogP) is 1.02. The van der Waals surface area contributed by atoms with Crippen LogP contribution in [-0.2, 0) is 23.7 Å². The molecule has 0 saturated heterocycles. The van der Waals surface area contributed by atoms with Gasteiger partial charge in [-0.1, -0.05) is 13.8 Å². The molecule has 0 saturated carbocycles. The van der Waals surface area contributed by atoms with E-state index in [1.807, 2.05) is 32.5 Å². The first-order valence-corrected chi connectivity index (χ1v) is 9.36. The van der Waals surface area contributed by atoms with Crippen LogP contribution >= 0.6 is 0 Å². The molecule has 2 heterocycles. The van der Waals surface area contributed by atoms with Crippen LogP contribution in [0.2, 0.25) is 0 Å². The lowest BCUT2D eigenvalue weighted by Crippen LogP contribution is -2.50. The number of nitrogens with zero attached hydrogens (tertiary/aromatic N) is 3. The molecule has 1 aromatic rings.